The Bertz CT molecular complexity index is 41.5. The van der Waals surface area contributed by atoms with Crippen LogP contribution in [0.1, 0.15) is 7.43 Å². The van der Waals surface area contributed by atoms with E-state index in [1.54, 1.807) is 0 Å². The Morgan fingerprint density at radius 2 is 1.67 bits per heavy atom. The molecule has 4 nitrogen and oxygen atoms in total. The van der Waals surface area contributed by atoms with Gasteiger partial charge in [-0.2, -0.15) is 0 Å². The molecule has 0 aliphatic heterocycles. The third kappa shape index (κ3) is 6630. The van der Waals surface area contributed by atoms with Gasteiger partial charge < -0.3 is 9.84 Å². The molecule has 1 N–H and O–H groups in total. The molecule has 0 aromatic carbocycles. The zero-order chi connectivity index (χ0) is 7.41. The molecule has 0 amide bonds. The Labute approximate surface area is 55.2 Å². The van der Waals surface area contributed by atoms with Crippen LogP contribution in [0.2, 0.25) is 0 Å². The van der Waals surface area contributed by atoms with Crippen molar-refractivity contribution < 1.29 is 19.3 Å². The average Bonchev–Trinajstić information content (AvgIpc) is 1.96. The van der Waals surface area contributed by atoms with E-state index < -0.39 is 0 Å². The maximum absolute atomic E-state index is 8.95. The standard InChI is InChI=1S/C2H4O2.CH4O.CO.CH4/c1-4-2-3;2*1-2;/h2H,1H3;2H,1H3;;1H4. The number of hydrogen-bond acceptors (Lipinski definition) is 3. The summed E-state index contributed by atoms with van der Waals surface area (Å²) in [7, 11) is 2.31. The summed E-state index contributed by atoms with van der Waals surface area (Å²) >= 11 is 0. The van der Waals surface area contributed by atoms with Crippen molar-refractivity contribution in [1.29, 1.82) is 0 Å². The number of methoxy groups -OCH3 is 1. The van der Waals surface area contributed by atoms with Gasteiger partial charge in [-0.05, 0) is 0 Å². The van der Waals surface area contributed by atoms with Gasteiger partial charge in [-0.15, -0.1) is 0 Å². The molecule has 4 heteroatoms. The fourth-order valence-electron chi connectivity index (χ4n) is 0. The number of carbonyl (C=O) groups is 1. The number of aliphatic hydroxyl groups is 1. The molecular weight excluding hydrogens is 124 g/mol. The van der Waals surface area contributed by atoms with Crippen LogP contribution in [0.4, 0.5) is 0 Å². The van der Waals surface area contributed by atoms with Gasteiger partial charge >= 0.3 is 11.3 Å². The molecule has 56 valence electrons. The number of hydrogen-bond donors (Lipinski definition) is 1. The first kappa shape index (κ1) is 24.2. The van der Waals surface area contributed by atoms with Crippen molar-refractivity contribution in [3.05, 3.63) is 6.65 Å². The minimum absolute atomic E-state index is 0. The fourth-order valence-corrected chi connectivity index (χ4v) is 0. The van der Waals surface area contributed by atoms with E-state index in [0.717, 1.165) is 7.11 Å². The molecule has 0 rings (SSSR count). The number of rotatable bonds is 1. The molecular formula is C5H12O4. The van der Waals surface area contributed by atoms with Crippen molar-refractivity contribution >= 4 is 6.47 Å². The van der Waals surface area contributed by atoms with E-state index in [1.165, 1.54) is 7.11 Å². The van der Waals surface area contributed by atoms with E-state index in [9.17, 15) is 0 Å². The Morgan fingerprint density at radius 3 is 1.67 bits per heavy atom. The molecule has 0 saturated carbocycles. The molecule has 0 aromatic heterocycles. The summed E-state index contributed by atoms with van der Waals surface area (Å²) in [5, 5.41) is 7.00. The van der Waals surface area contributed by atoms with E-state index in [1.807, 2.05) is 0 Å². The Hall–Kier alpha value is -0.830. The van der Waals surface area contributed by atoms with Crippen molar-refractivity contribution in [3.8, 4) is 0 Å². The van der Waals surface area contributed by atoms with Crippen LogP contribution in [0.3, 0.4) is 0 Å². The van der Waals surface area contributed by atoms with Gasteiger partial charge in [-0.25, -0.2) is 0 Å². The van der Waals surface area contributed by atoms with Gasteiger partial charge in [0.25, 0.3) is 6.47 Å². The summed E-state index contributed by atoms with van der Waals surface area (Å²) in [6.07, 6.45) is 0. The SMILES string of the molecule is C.CO.COC=O.[C-]#[O+]. The van der Waals surface area contributed by atoms with E-state index >= 15 is 0 Å². The quantitative estimate of drug-likeness (QED) is 0.313. The molecule has 0 spiro atoms. The monoisotopic (exact) mass is 136 g/mol. The van der Waals surface area contributed by atoms with Crippen molar-refractivity contribution in [2.75, 3.05) is 14.2 Å². The second-order valence-electron chi connectivity index (χ2n) is 0.332. The van der Waals surface area contributed by atoms with Crippen LogP contribution in [-0.2, 0) is 14.2 Å². The average molecular weight is 136 g/mol. The summed E-state index contributed by atoms with van der Waals surface area (Å²) in [5.74, 6) is 0. The molecule has 0 fully saturated rings. The fraction of sp³-hybridized carbons (Fsp3) is 0.600. The second-order valence-corrected chi connectivity index (χ2v) is 0.332. The maximum atomic E-state index is 8.95. The van der Waals surface area contributed by atoms with Crippen LogP contribution in [-0.4, -0.2) is 25.8 Å². The van der Waals surface area contributed by atoms with Crippen molar-refractivity contribution in [3.63, 3.8) is 0 Å². The van der Waals surface area contributed by atoms with Crippen LogP contribution >= 0.6 is 0 Å². The third-order valence-electron chi connectivity index (χ3n) is 0.0962. The van der Waals surface area contributed by atoms with Gasteiger partial charge in [0.05, 0.1) is 7.11 Å². The Balaban J connectivity index is -0.0000000221. The number of aliphatic hydroxyl groups excluding tert-OH is 1. The van der Waals surface area contributed by atoms with Crippen LogP contribution in [0.25, 0.3) is 0 Å². The van der Waals surface area contributed by atoms with Gasteiger partial charge in [-0.3, -0.25) is 4.79 Å². The molecule has 0 bridgehead atoms. The minimum atomic E-state index is 0. The van der Waals surface area contributed by atoms with E-state index in [-0.39, 0.29) is 7.43 Å². The van der Waals surface area contributed by atoms with Crippen molar-refractivity contribution in [1.82, 2.24) is 0 Å². The number of carbonyl (C=O) groups excluding carboxylic acids is 1. The molecule has 0 atom stereocenters. The molecule has 0 heterocycles. The zero-order valence-corrected chi connectivity index (χ0v) is 4.75. The first-order valence-electron chi connectivity index (χ1n) is 1.53. The van der Waals surface area contributed by atoms with Gasteiger partial charge in [0.2, 0.25) is 0 Å². The van der Waals surface area contributed by atoms with Crippen LogP contribution in [0.5, 0.6) is 0 Å². The molecule has 0 radical (unpaired) electrons. The van der Waals surface area contributed by atoms with Crippen molar-refractivity contribution in [2.24, 2.45) is 0 Å². The predicted molar refractivity (Wildman–Crippen MR) is 31.9 cm³/mol. The van der Waals surface area contributed by atoms with E-state index in [4.69, 9.17) is 14.6 Å². The Kier molecular flexibility index (Phi) is 535. The third-order valence-corrected chi connectivity index (χ3v) is 0.0962. The Morgan fingerprint density at radius 1 is 1.56 bits per heavy atom. The van der Waals surface area contributed by atoms with E-state index in [0.29, 0.717) is 6.47 Å². The summed E-state index contributed by atoms with van der Waals surface area (Å²) in [6.45, 7) is 4.88. The predicted octanol–water partition coefficient (Wildman–Crippen LogP) is -0.00371. The molecule has 9 heavy (non-hydrogen) atoms. The summed E-state index contributed by atoms with van der Waals surface area (Å²) < 4.78 is 11.4. The van der Waals surface area contributed by atoms with Gasteiger partial charge in [0.15, 0.2) is 0 Å². The molecule has 0 unspecified atom stereocenters. The van der Waals surface area contributed by atoms with Crippen molar-refractivity contribution in [2.45, 2.75) is 7.43 Å². The second kappa shape index (κ2) is 199. The van der Waals surface area contributed by atoms with Gasteiger partial charge in [-0.1, -0.05) is 7.43 Å². The van der Waals surface area contributed by atoms with E-state index in [2.05, 4.69) is 11.4 Å². The van der Waals surface area contributed by atoms with Crippen LogP contribution < -0.4 is 0 Å². The van der Waals surface area contributed by atoms with Gasteiger partial charge in [0.1, 0.15) is 0 Å². The topological polar surface area (TPSA) is 66.4 Å². The van der Waals surface area contributed by atoms with Crippen LogP contribution in [0, 0.1) is 6.65 Å². The summed E-state index contributed by atoms with van der Waals surface area (Å²) in [4.78, 5) is 8.95. The first-order chi connectivity index (χ1) is 3.91. The van der Waals surface area contributed by atoms with Gasteiger partial charge in [0, 0.05) is 7.11 Å². The molecule has 0 aliphatic rings. The molecule has 0 aromatic rings. The summed E-state index contributed by atoms with van der Waals surface area (Å²) in [5.41, 5.74) is 0. The zero-order valence-electron chi connectivity index (χ0n) is 4.75. The first-order valence-corrected chi connectivity index (χ1v) is 1.53. The number of ether oxygens (including phenoxy) is 1. The molecule has 0 aliphatic carbocycles. The normalized spacial score (nSPS) is 3.22. The summed E-state index contributed by atoms with van der Waals surface area (Å²) in [6, 6.07) is 0. The van der Waals surface area contributed by atoms with Crippen LogP contribution in [0.15, 0.2) is 0 Å². The molecule has 0 saturated heterocycles.